The van der Waals surface area contributed by atoms with Crippen molar-refractivity contribution in [1.29, 1.82) is 0 Å². The second kappa shape index (κ2) is 5.28. The van der Waals surface area contributed by atoms with Crippen LogP contribution in [0, 0.1) is 0 Å². The van der Waals surface area contributed by atoms with E-state index in [4.69, 9.17) is 5.73 Å². The average molecular weight is 226 g/mol. The highest BCUT2D eigenvalue weighted by molar-refractivity contribution is 7.10. The summed E-state index contributed by atoms with van der Waals surface area (Å²) in [4.78, 5) is 13.0. The molecule has 0 aromatic carbocycles. The van der Waals surface area contributed by atoms with Gasteiger partial charge < -0.3 is 11.1 Å². The number of rotatable bonds is 5. The number of amides is 1. The Morgan fingerprint density at radius 1 is 1.60 bits per heavy atom. The van der Waals surface area contributed by atoms with Gasteiger partial charge in [-0.1, -0.05) is 6.07 Å². The van der Waals surface area contributed by atoms with Crippen molar-refractivity contribution in [2.24, 2.45) is 5.73 Å². The average Bonchev–Trinajstić information content (AvgIpc) is 2.71. The van der Waals surface area contributed by atoms with E-state index in [-0.39, 0.29) is 5.91 Å². The van der Waals surface area contributed by atoms with E-state index in [1.165, 1.54) is 0 Å². The zero-order valence-corrected chi connectivity index (χ0v) is 10.1. The van der Waals surface area contributed by atoms with Crippen LogP contribution in [0.4, 0.5) is 0 Å². The molecule has 0 atom stereocenters. The Balaban J connectivity index is 2.58. The molecule has 0 unspecified atom stereocenters. The standard InChI is InChI=1S/C11H18N2OS/c1-11(2,9-5-3-8-15-9)10(14)13-7-4-6-12/h3,5,8H,4,6-7,12H2,1-2H3,(H,13,14). The summed E-state index contributed by atoms with van der Waals surface area (Å²) in [5, 5.41) is 4.89. The summed E-state index contributed by atoms with van der Waals surface area (Å²) in [5.41, 5.74) is 4.93. The topological polar surface area (TPSA) is 55.1 Å². The molecule has 84 valence electrons. The number of hydrogen-bond acceptors (Lipinski definition) is 3. The van der Waals surface area contributed by atoms with Crippen LogP contribution in [0.2, 0.25) is 0 Å². The molecule has 1 aromatic rings. The molecule has 4 heteroatoms. The Morgan fingerprint density at radius 2 is 2.33 bits per heavy atom. The van der Waals surface area contributed by atoms with Crippen molar-refractivity contribution in [3.05, 3.63) is 22.4 Å². The molecule has 0 fully saturated rings. The molecule has 0 aliphatic carbocycles. The summed E-state index contributed by atoms with van der Waals surface area (Å²) in [6.07, 6.45) is 0.826. The van der Waals surface area contributed by atoms with Crippen LogP contribution in [0.3, 0.4) is 0 Å². The molecule has 0 spiro atoms. The van der Waals surface area contributed by atoms with Crippen LogP contribution in [0.25, 0.3) is 0 Å². The van der Waals surface area contributed by atoms with Gasteiger partial charge in [-0.05, 0) is 38.3 Å². The molecule has 0 aliphatic heterocycles. The van der Waals surface area contributed by atoms with Gasteiger partial charge >= 0.3 is 0 Å². The van der Waals surface area contributed by atoms with Gasteiger partial charge in [0.25, 0.3) is 0 Å². The van der Waals surface area contributed by atoms with Gasteiger partial charge in [-0.2, -0.15) is 0 Å². The number of thiophene rings is 1. The summed E-state index contributed by atoms with van der Waals surface area (Å²) >= 11 is 1.61. The van der Waals surface area contributed by atoms with Crippen molar-refractivity contribution in [2.45, 2.75) is 25.7 Å². The maximum atomic E-state index is 11.9. The Hall–Kier alpha value is -0.870. The summed E-state index contributed by atoms with van der Waals surface area (Å²) in [6, 6.07) is 3.96. The lowest BCUT2D eigenvalue weighted by Crippen LogP contribution is -2.40. The van der Waals surface area contributed by atoms with E-state index < -0.39 is 5.41 Å². The quantitative estimate of drug-likeness (QED) is 0.747. The van der Waals surface area contributed by atoms with Crippen LogP contribution in [-0.4, -0.2) is 19.0 Å². The molecule has 0 saturated heterocycles. The van der Waals surface area contributed by atoms with Crippen LogP contribution >= 0.6 is 11.3 Å². The second-order valence-corrected chi connectivity index (χ2v) is 4.95. The molecule has 0 bridgehead atoms. The Morgan fingerprint density at radius 3 is 2.87 bits per heavy atom. The first-order valence-corrected chi connectivity index (χ1v) is 5.99. The lowest BCUT2D eigenvalue weighted by molar-refractivity contribution is -0.125. The fourth-order valence-corrected chi connectivity index (χ4v) is 2.12. The molecule has 1 aromatic heterocycles. The van der Waals surface area contributed by atoms with Crippen LogP contribution in [0.15, 0.2) is 17.5 Å². The predicted molar refractivity (Wildman–Crippen MR) is 64.0 cm³/mol. The molecule has 3 nitrogen and oxygen atoms in total. The summed E-state index contributed by atoms with van der Waals surface area (Å²) in [6.45, 7) is 5.15. The first-order valence-electron chi connectivity index (χ1n) is 5.11. The SMILES string of the molecule is CC(C)(C(=O)NCCCN)c1cccs1. The van der Waals surface area contributed by atoms with E-state index in [0.29, 0.717) is 13.1 Å². The third-order valence-corrected chi connectivity index (χ3v) is 3.56. The minimum atomic E-state index is -0.442. The van der Waals surface area contributed by atoms with Crippen molar-refractivity contribution in [2.75, 3.05) is 13.1 Å². The fraction of sp³-hybridized carbons (Fsp3) is 0.545. The van der Waals surface area contributed by atoms with E-state index in [2.05, 4.69) is 5.32 Å². The van der Waals surface area contributed by atoms with E-state index >= 15 is 0 Å². The highest BCUT2D eigenvalue weighted by Crippen LogP contribution is 2.27. The maximum absolute atomic E-state index is 11.9. The third kappa shape index (κ3) is 3.04. The predicted octanol–water partition coefficient (Wildman–Crippen LogP) is 1.49. The van der Waals surface area contributed by atoms with Crippen molar-refractivity contribution < 1.29 is 4.79 Å². The van der Waals surface area contributed by atoms with Gasteiger partial charge in [-0.25, -0.2) is 0 Å². The number of nitrogens with one attached hydrogen (secondary N) is 1. The lowest BCUT2D eigenvalue weighted by atomic mass is 9.90. The smallest absolute Gasteiger partial charge is 0.230 e. The largest absolute Gasteiger partial charge is 0.355 e. The highest BCUT2D eigenvalue weighted by atomic mass is 32.1. The van der Waals surface area contributed by atoms with Gasteiger partial charge in [-0.3, -0.25) is 4.79 Å². The van der Waals surface area contributed by atoms with Gasteiger partial charge in [0.15, 0.2) is 0 Å². The minimum absolute atomic E-state index is 0.0680. The van der Waals surface area contributed by atoms with Gasteiger partial charge in [0.2, 0.25) is 5.91 Å². The molecule has 0 saturated carbocycles. The fourth-order valence-electron chi connectivity index (χ4n) is 1.27. The normalized spacial score (nSPS) is 11.4. The molecular weight excluding hydrogens is 208 g/mol. The highest BCUT2D eigenvalue weighted by Gasteiger charge is 2.30. The molecule has 1 heterocycles. The summed E-state index contributed by atoms with van der Waals surface area (Å²) < 4.78 is 0. The monoisotopic (exact) mass is 226 g/mol. The van der Waals surface area contributed by atoms with Gasteiger partial charge in [0.1, 0.15) is 0 Å². The molecular formula is C11H18N2OS. The summed E-state index contributed by atoms with van der Waals surface area (Å²) in [5.74, 6) is 0.0680. The van der Waals surface area contributed by atoms with Crippen LogP contribution in [-0.2, 0) is 10.2 Å². The Bertz CT molecular complexity index is 306. The van der Waals surface area contributed by atoms with Gasteiger partial charge in [0, 0.05) is 11.4 Å². The van der Waals surface area contributed by atoms with Crippen molar-refractivity contribution in [3.63, 3.8) is 0 Å². The molecule has 3 N–H and O–H groups in total. The van der Waals surface area contributed by atoms with Gasteiger partial charge in [0.05, 0.1) is 5.41 Å². The Kier molecular flexibility index (Phi) is 4.29. The first kappa shape index (κ1) is 12.2. The zero-order chi connectivity index (χ0) is 11.3. The zero-order valence-electron chi connectivity index (χ0n) is 9.25. The number of hydrogen-bond donors (Lipinski definition) is 2. The van der Waals surface area contributed by atoms with Crippen LogP contribution in [0.5, 0.6) is 0 Å². The Labute approximate surface area is 94.7 Å². The molecule has 0 aliphatic rings. The molecule has 0 radical (unpaired) electrons. The third-order valence-electron chi connectivity index (χ3n) is 2.37. The molecule has 15 heavy (non-hydrogen) atoms. The minimum Gasteiger partial charge on any atom is -0.355 e. The molecule has 1 amide bonds. The van der Waals surface area contributed by atoms with Gasteiger partial charge in [-0.15, -0.1) is 11.3 Å². The number of carbonyl (C=O) groups excluding carboxylic acids is 1. The molecule has 1 rings (SSSR count). The number of nitrogens with two attached hydrogens (primary N) is 1. The van der Waals surface area contributed by atoms with Crippen molar-refractivity contribution >= 4 is 17.2 Å². The van der Waals surface area contributed by atoms with E-state index in [0.717, 1.165) is 11.3 Å². The van der Waals surface area contributed by atoms with Crippen LogP contribution < -0.4 is 11.1 Å². The lowest BCUT2D eigenvalue weighted by Gasteiger charge is -2.22. The van der Waals surface area contributed by atoms with E-state index in [1.807, 2.05) is 31.4 Å². The van der Waals surface area contributed by atoms with Crippen LogP contribution in [0.1, 0.15) is 25.1 Å². The van der Waals surface area contributed by atoms with Crippen molar-refractivity contribution in [3.8, 4) is 0 Å². The number of carbonyl (C=O) groups is 1. The van der Waals surface area contributed by atoms with Crippen molar-refractivity contribution in [1.82, 2.24) is 5.32 Å². The maximum Gasteiger partial charge on any atom is 0.230 e. The van der Waals surface area contributed by atoms with E-state index in [9.17, 15) is 4.79 Å². The summed E-state index contributed by atoms with van der Waals surface area (Å²) in [7, 11) is 0. The van der Waals surface area contributed by atoms with E-state index in [1.54, 1.807) is 11.3 Å². The first-order chi connectivity index (χ1) is 7.09. The second-order valence-electron chi connectivity index (χ2n) is 4.00.